The Bertz CT molecular complexity index is 1780. The van der Waals surface area contributed by atoms with Gasteiger partial charge in [-0.05, 0) is 109 Å². The molecule has 0 heterocycles. The van der Waals surface area contributed by atoms with Crippen LogP contribution in [0.3, 0.4) is 0 Å². The van der Waals surface area contributed by atoms with E-state index in [-0.39, 0.29) is 31.5 Å². The van der Waals surface area contributed by atoms with Crippen LogP contribution in [-0.2, 0) is 27.9 Å². The lowest BCUT2D eigenvalue weighted by Gasteiger charge is -2.27. The van der Waals surface area contributed by atoms with Crippen molar-refractivity contribution in [1.29, 1.82) is 0 Å². The number of hydrogen-bond donors (Lipinski definition) is 2. The molecule has 0 aromatic heterocycles. The van der Waals surface area contributed by atoms with Gasteiger partial charge in [0.25, 0.3) is 0 Å². The van der Waals surface area contributed by atoms with Gasteiger partial charge in [0.05, 0.1) is 33.8 Å². The van der Waals surface area contributed by atoms with Crippen molar-refractivity contribution in [3.63, 3.8) is 0 Å². The van der Waals surface area contributed by atoms with E-state index < -0.39 is 20.0 Å². The van der Waals surface area contributed by atoms with Crippen molar-refractivity contribution in [2.24, 2.45) is 0 Å². The molecular formula is C78H144N2O7P+. The number of rotatable bonds is 68. The summed E-state index contributed by atoms with van der Waals surface area (Å²) in [5, 5.41) is 3.08. The van der Waals surface area contributed by atoms with E-state index in [1.165, 1.54) is 231 Å². The van der Waals surface area contributed by atoms with E-state index in [4.69, 9.17) is 13.8 Å². The van der Waals surface area contributed by atoms with E-state index in [1.54, 1.807) is 0 Å². The Morgan fingerprint density at radius 3 is 1.06 bits per heavy atom. The first-order valence-corrected chi connectivity index (χ1v) is 38.9. The highest BCUT2D eigenvalue weighted by Gasteiger charge is 2.30. The molecule has 0 fully saturated rings. The van der Waals surface area contributed by atoms with E-state index in [9.17, 15) is 19.0 Å². The Balaban J connectivity index is 5.00. The number of carbonyl (C=O) groups excluding carboxylic acids is 2. The minimum absolute atomic E-state index is 0.0378. The fourth-order valence-corrected chi connectivity index (χ4v) is 11.5. The number of nitrogens with zero attached hydrogens (tertiary/aromatic N) is 1. The summed E-state index contributed by atoms with van der Waals surface area (Å²) in [5.41, 5.74) is 0. The predicted molar refractivity (Wildman–Crippen MR) is 383 cm³/mol. The molecule has 0 aliphatic heterocycles. The molecule has 0 rings (SSSR count). The first-order chi connectivity index (χ1) is 42.9. The second kappa shape index (κ2) is 67.1. The lowest BCUT2D eigenvalue weighted by Crippen LogP contribution is -2.47. The number of nitrogens with one attached hydrogen (secondary N) is 1. The number of likely N-dealkylation sites (N-methyl/N-ethyl adjacent to an activating group) is 1. The minimum atomic E-state index is -4.46. The zero-order chi connectivity index (χ0) is 64.2. The van der Waals surface area contributed by atoms with Gasteiger partial charge in [0.15, 0.2) is 0 Å². The molecule has 0 aromatic carbocycles. The van der Waals surface area contributed by atoms with Crippen LogP contribution < -0.4 is 5.32 Å². The number of phosphoric acid groups is 1. The van der Waals surface area contributed by atoms with Crippen molar-refractivity contribution in [3.8, 4) is 0 Å². The molecule has 0 aliphatic rings. The third-order valence-corrected chi connectivity index (χ3v) is 17.5. The summed E-state index contributed by atoms with van der Waals surface area (Å²) in [6.07, 6.45) is 90.3. The normalized spacial score (nSPS) is 13.9. The van der Waals surface area contributed by atoms with Crippen LogP contribution in [0.1, 0.15) is 348 Å². The maximum absolute atomic E-state index is 13.6. The van der Waals surface area contributed by atoms with Gasteiger partial charge >= 0.3 is 13.8 Å². The van der Waals surface area contributed by atoms with Crippen LogP contribution in [-0.4, -0.2) is 74.3 Å². The molecule has 10 heteroatoms. The van der Waals surface area contributed by atoms with Crippen LogP contribution in [0.15, 0.2) is 85.1 Å². The second-order valence-electron chi connectivity index (χ2n) is 26.5. The van der Waals surface area contributed by atoms with Crippen LogP contribution >= 0.6 is 7.82 Å². The molecule has 0 radical (unpaired) electrons. The Hall–Kier alpha value is -2.81. The van der Waals surface area contributed by atoms with Crippen LogP contribution in [0.4, 0.5) is 0 Å². The van der Waals surface area contributed by atoms with Crippen LogP contribution in [0.25, 0.3) is 0 Å². The molecule has 9 nitrogen and oxygen atoms in total. The highest BCUT2D eigenvalue weighted by Crippen LogP contribution is 2.43. The van der Waals surface area contributed by atoms with Crippen molar-refractivity contribution in [2.75, 3.05) is 40.9 Å². The second-order valence-corrected chi connectivity index (χ2v) is 27.9. The van der Waals surface area contributed by atoms with Gasteiger partial charge in [-0.15, -0.1) is 0 Å². The van der Waals surface area contributed by atoms with Gasteiger partial charge in [0, 0.05) is 12.8 Å². The van der Waals surface area contributed by atoms with Gasteiger partial charge in [-0.2, -0.15) is 0 Å². The third-order valence-electron chi connectivity index (χ3n) is 16.6. The lowest BCUT2D eigenvalue weighted by molar-refractivity contribution is -0.870. The van der Waals surface area contributed by atoms with E-state index in [0.29, 0.717) is 17.4 Å². The highest BCUT2D eigenvalue weighted by atomic mass is 31.2. The summed E-state index contributed by atoms with van der Waals surface area (Å²) in [6.45, 7) is 6.99. The molecule has 3 unspecified atom stereocenters. The molecule has 1 amide bonds. The Labute approximate surface area is 546 Å². The number of phosphoric ester groups is 1. The summed E-state index contributed by atoms with van der Waals surface area (Å²) in [5.74, 6) is -0.501. The molecule has 0 saturated carbocycles. The van der Waals surface area contributed by atoms with Crippen molar-refractivity contribution >= 4 is 19.7 Å². The molecule has 88 heavy (non-hydrogen) atoms. The molecule has 0 aromatic rings. The van der Waals surface area contributed by atoms with Crippen molar-refractivity contribution < 1.29 is 37.3 Å². The number of hydrogen-bond acceptors (Lipinski definition) is 6. The van der Waals surface area contributed by atoms with E-state index in [2.05, 4.69) is 99.0 Å². The largest absolute Gasteiger partial charge is 0.472 e. The molecule has 0 spiro atoms. The topological polar surface area (TPSA) is 111 Å². The van der Waals surface area contributed by atoms with Gasteiger partial charge in [-0.25, -0.2) is 4.57 Å². The number of quaternary nitrogens is 1. The number of esters is 1. The standard InChI is InChI=1S/C78H143N2O7P/c1-7-10-13-16-19-22-25-28-30-32-34-36-38-39-40-41-43-44-46-48-50-52-55-58-61-64-67-70-77(81)79-75(74-86-88(83,84)85-73-72-80(4,5)6)76(69-66-63-60-57-54-27-24-21-18-15-12-9-3)87-78(82)71-68-65-62-59-56-53-51-49-47-45-42-37-35-33-31-29-26-23-20-17-14-11-8-2/h19-20,22-23,28-31,34-37,66,69,75-76H,7-18,21,24-27,32-33,38-65,67-68,70-74H2,1-6H3,(H-,79,81,83,84)/p+1/b22-19-,23-20-,30-28-,31-29-,36-34-,37-35-,69-66-. The van der Waals surface area contributed by atoms with Crippen LogP contribution in [0, 0.1) is 0 Å². The molecular weight excluding hydrogens is 1110 g/mol. The van der Waals surface area contributed by atoms with E-state index in [0.717, 1.165) is 83.5 Å². The van der Waals surface area contributed by atoms with Gasteiger partial charge < -0.3 is 19.4 Å². The number of unbranched alkanes of at least 4 members (excludes halogenated alkanes) is 40. The number of amides is 1. The summed E-state index contributed by atoms with van der Waals surface area (Å²) in [6, 6.07) is -0.855. The number of ether oxygens (including phenoxy) is 1. The quantitative estimate of drug-likeness (QED) is 0.0205. The third kappa shape index (κ3) is 67.6. The van der Waals surface area contributed by atoms with Crippen molar-refractivity contribution in [2.45, 2.75) is 360 Å². The molecule has 0 aliphatic carbocycles. The van der Waals surface area contributed by atoms with Gasteiger partial charge in [0.2, 0.25) is 5.91 Å². The average Bonchev–Trinajstić information content (AvgIpc) is 3.66. The van der Waals surface area contributed by atoms with Gasteiger partial charge in [0.1, 0.15) is 19.3 Å². The minimum Gasteiger partial charge on any atom is -0.456 e. The summed E-state index contributed by atoms with van der Waals surface area (Å²) < 4.78 is 30.9. The molecule has 2 N–H and O–H groups in total. The van der Waals surface area contributed by atoms with Crippen LogP contribution in [0.5, 0.6) is 0 Å². The molecule has 0 bridgehead atoms. The monoisotopic (exact) mass is 1250 g/mol. The maximum Gasteiger partial charge on any atom is 0.472 e. The molecule has 512 valence electrons. The number of allylic oxidation sites excluding steroid dienone is 13. The highest BCUT2D eigenvalue weighted by molar-refractivity contribution is 7.47. The Kier molecular flexibility index (Phi) is 64.9. The summed E-state index contributed by atoms with van der Waals surface area (Å²) in [4.78, 5) is 38.0. The first-order valence-electron chi connectivity index (χ1n) is 37.4. The molecule has 3 atom stereocenters. The van der Waals surface area contributed by atoms with Gasteiger partial charge in [-0.1, -0.05) is 312 Å². The zero-order valence-electron chi connectivity index (χ0n) is 58.7. The van der Waals surface area contributed by atoms with Crippen molar-refractivity contribution in [3.05, 3.63) is 85.1 Å². The predicted octanol–water partition coefficient (Wildman–Crippen LogP) is 24.1. The average molecular weight is 1250 g/mol. The number of carbonyl (C=O) groups is 2. The maximum atomic E-state index is 13.6. The SMILES string of the molecule is CCCCC/C=C\C/C=C\C/C=C\CCCCCCCCCCCCCCCCC(=O)NC(COP(=O)(O)OCC[N+](C)(C)C)C(/C=C\CCCCCCCCCCCC)OC(=O)CCCCCCCCCCCC/C=C\C/C=C\C/C=C\CCCCC. The molecule has 0 saturated heterocycles. The smallest absolute Gasteiger partial charge is 0.456 e. The fraction of sp³-hybridized carbons (Fsp3) is 0.795. The summed E-state index contributed by atoms with van der Waals surface area (Å²) in [7, 11) is 1.50. The van der Waals surface area contributed by atoms with E-state index >= 15 is 0 Å². The summed E-state index contributed by atoms with van der Waals surface area (Å²) >= 11 is 0. The zero-order valence-corrected chi connectivity index (χ0v) is 59.6. The van der Waals surface area contributed by atoms with Crippen LogP contribution in [0.2, 0.25) is 0 Å². The lowest BCUT2D eigenvalue weighted by atomic mass is 10.0. The van der Waals surface area contributed by atoms with Crippen molar-refractivity contribution in [1.82, 2.24) is 5.32 Å². The Morgan fingerprint density at radius 1 is 0.398 bits per heavy atom. The van der Waals surface area contributed by atoms with E-state index in [1.807, 2.05) is 33.3 Å². The first kappa shape index (κ1) is 85.2. The Morgan fingerprint density at radius 2 is 0.693 bits per heavy atom. The fourth-order valence-electron chi connectivity index (χ4n) is 10.8. The van der Waals surface area contributed by atoms with Gasteiger partial charge in [-0.3, -0.25) is 18.6 Å².